The predicted octanol–water partition coefficient (Wildman–Crippen LogP) is 4.74. The highest BCUT2D eigenvalue weighted by Crippen LogP contribution is 2.37. The first-order valence-electron chi connectivity index (χ1n) is 12.6. The van der Waals surface area contributed by atoms with Crippen molar-refractivity contribution in [1.29, 1.82) is 0 Å². The van der Waals surface area contributed by atoms with Gasteiger partial charge in [0.15, 0.2) is 0 Å². The Morgan fingerprint density at radius 3 is 2.47 bits per heavy atom. The van der Waals surface area contributed by atoms with Crippen LogP contribution in [-0.4, -0.2) is 43.3 Å². The van der Waals surface area contributed by atoms with Crippen molar-refractivity contribution in [3.05, 3.63) is 71.4 Å². The highest BCUT2D eigenvalue weighted by molar-refractivity contribution is 5.85. The Bertz CT molecular complexity index is 1010. The van der Waals surface area contributed by atoms with E-state index in [-0.39, 0.29) is 0 Å². The van der Waals surface area contributed by atoms with Crippen molar-refractivity contribution < 1.29 is 0 Å². The summed E-state index contributed by atoms with van der Waals surface area (Å²) in [6, 6.07) is 19.5. The lowest BCUT2D eigenvalue weighted by Crippen LogP contribution is -2.40. The Labute approximate surface area is 192 Å². The number of nitrogens with one attached hydrogen (secondary N) is 3. The summed E-state index contributed by atoms with van der Waals surface area (Å²) in [5.41, 5.74) is 5.70. The van der Waals surface area contributed by atoms with Crippen molar-refractivity contribution in [2.75, 3.05) is 32.7 Å². The van der Waals surface area contributed by atoms with Gasteiger partial charge in [-0.15, -0.1) is 0 Å². The lowest BCUT2D eigenvalue weighted by Gasteiger charge is -2.26. The van der Waals surface area contributed by atoms with Gasteiger partial charge in [0.25, 0.3) is 0 Å². The second-order valence-electron chi connectivity index (χ2n) is 9.72. The van der Waals surface area contributed by atoms with Crippen LogP contribution in [0.2, 0.25) is 0 Å². The molecule has 3 aromatic rings. The van der Waals surface area contributed by atoms with Crippen LogP contribution in [-0.2, 0) is 0 Å². The van der Waals surface area contributed by atoms with Gasteiger partial charge < -0.3 is 20.5 Å². The predicted molar refractivity (Wildman–Crippen MR) is 135 cm³/mol. The van der Waals surface area contributed by atoms with E-state index in [1.54, 1.807) is 0 Å². The summed E-state index contributed by atoms with van der Waals surface area (Å²) < 4.78 is 2.59. The topological polar surface area (TPSA) is 41.0 Å². The number of aromatic nitrogens is 1. The van der Waals surface area contributed by atoms with Crippen molar-refractivity contribution in [1.82, 2.24) is 20.5 Å². The minimum Gasteiger partial charge on any atom is -0.344 e. The van der Waals surface area contributed by atoms with Crippen molar-refractivity contribution >= 4 is 10.9 Å². The average molecular weight is 431 g/mol. The molecule has 1 atom stereocenters. The van der Waals surface area contributed by atoms with E-state index >= 15 is 0 Å². The molecule has 0 aliphatic carbocycles. The largest absolute Gasteiger partial charge is 0.344 e. The van der Waals surface area contributed by atoms with Gasteiger partial charge in [0.05, 0.1) is 0 Å². The molecule has 0 spiro atoms. The minimum absolute atomic E-state index is 0.414. The number of hydrogen-bond donors (Lipinski definition) is 3. The summed E-state index contributed by atoms with van der Waals surface area (Å²) in [5.74, 6) is 0.414. The number of hydrogen-bond acceptors (Lipinski definition) is 3. The van der Waals surface area contributed by atoms with E-state index in [1.165, 1.54) is 53.3 Å². The van der Waals surface area contributed by atoms with Crippen molar-refractivity contribution in [3.63, 3.8) is 0 Å². The minimum atomic E-state index is 0.414. The molecule has 4 heteroatoms. The van der Waals surface area contributed by atoms with E-state index in [0.29, 0.717) is 18.0 Å². The number of para-hydroxylation sites is 1. The summed E-state index contributed by atoms with van der Waals surface area (Å²) in [4.78, 5) is 0. The first-order valence-corrected chi connectivity index (χ1v) is 12.6. The van der Waals surface area contributed by atoms with Gasteiger partial charge in [-0.2, -0.15) is 0 Å². The van der Waals surface area contributed by atoms with Crippen molar-refractivity contribution in [2.45, 2.75) is 57.0 Å². The molecule has 2 aliphatic heterocycles. The number of piperidine rings is 2. The number of aryl methyl sites for hydroxylation is 1. The third-order valence-electron chi connectivity index (χ3n) is 7.50. The molecule has 2 fully saturated rings. The number of benzene rings is 2. The molecule has 0 saturated carbocycles. The van der Waals surface area contributed by atoms with Crippen LogP contribution in [0, 0.1) is 6.92 Å². The summed E-state index contributed by atoms with van der Waals surface area (Å²) >= 11 is 0. The van der Waals surface area contributed by atoms with Gasteiger partial charge in [-0.05, 0) is 88.9 Å². The van der Waals surface area contributed by atoms with Crippen molar-refractivity contribution in [3.8, 4) is 0 Å². The zero-order chi connectivity index (χ0) is 21.8. The Morgan fingerprint density at radius 1 is 0.938 bits per heavy atom. The molecule has 2 saturated heterocycles. The Kier molecular flexibility index (Phi) is 6.92. The molecule has 4 nitrogen and oxygen atoms in total. The molecular formula is C28H38N4. The van der Waals surface area contributed by atoms with Crippen LogP contribution in [0.4, 0.5) is 0 Å². The highest BCUT2D eigenvalue weighted by atomic mass is 15.0. The van der Waals surface area contributed by atoms with Crippen LogP contribution in [0.25, 0.3) is 10.9 Å². The van der Waals surface area contributed by atoms with Crippen molar-refractivity contribution in [2.24, 2.45) is 0 Å². The molecule has 2 aromatic carbocycles. The van der Waals surface area contributed by atoms with Crippen LogP contribution in [0.3, 0.4) is 0 Å². The zero-order valence-corrected chi connectivity index (χ0v) is 19.4. The molecule has 1 aromatic heterocycles. The number of nitrogens with zero attached hydrogens (tertiary/aromatic N) is 1. The van der Waals surface area contributed by atoms with Gasteiger partial charge in [0.2, 0.25) is 0 Å². The van der Waals surface area contributed by atoms with E-state index in [2.05, 4.69) is 82.2 Å². The fourth-order valence-corrected chi connectivity index (χ4v) is 5.74. The van der Waals surface area contributed by atoms with E-state index in [0.717, 1.165) is 39.1 Å². The monoisotopic (exact) mass is 430 g/mol. The average Bonchev–Trinajstić information content (AvgIpc) is 3.22. The fourth-order valence-electron chi connectivity index (χ4n) is 5.74. The Hall–Kier alpha value is -2.14. The van der Waals surface area contributed by atoms with Crippen LogP contribution >= 0.6 is 0 Å². The number of fused-ring (bicyclic) bond motifs is 1. The second-order valence-corrected chi connectivity index (χ2v) is 9.72. The zero-order valence-electron chi connectivity index (χ0n) is 19.4. The smallest absolute Gasteiger partial charge is 0.0485 e. The number of rotatable bonds is 7. The fraction of sp³-hybridized carbons (Fsp3) is 0.500. The summed E-state index contributed by atoms with van der Waals surface area (Å²) in [6.45, 7) is 7.80. The second kappa shape index (κ2) is 10.2. The molecule has 32 heavy (non-hydrogen) atoms. The van der Waals surface area contributed by atoms with E-state index in [4.69, 9.17) is 0 Å². The summed E-state index contributed by atoms with van der Waals surface area (Å²) in [5, 5.41) is 12.3. The maximum atomic E-state index is 3.87. The van der Waals surface area contributed by atoms with Gasteiger partial charge in [0, 0.05) is 35.1 Å². The molecule has 1 unspecified atom stereocenters. The molecule has 3 N–H and O–H groups in total. The van der Waals surface area contributed by atoms with E-state index in [9.17, 15) is 0 Å². The van der Waals surface area contributed by atoms with Crippen LogP contribution < -0.4 is 16.0 Å². The normalized spacial score (nSPS) is 19.4. The quantitative estimate of drug-likeness (QED) is 0.507. The highest BCUT2D eigenvalue weighted by Gasteiger charge is 2.24. The van der Waals surface area contributed by atoms with Crippen LogP contribution in [0.5, 0.6) is 0 Å². The molecule has 5 rings (SSSR count). The maximum absolute atomic E-state index is 3.87. The molecule has 2 aliphatic rings. The standard InChI is InChI=1S/C28H38N4/c1-21-5-4-6-22(19-21)25(13-18-31-23-9-14-29-15-10-23)27-20-32(24-11-16-30-17-12-24)28-8-3-2-7-26(27)28/h2-8,19-20,23-25,29-31H,9-18H2,1H3. The lowest BCUT2D eigenvalue weighted by molar-refractivity contribution is 0.374. The van der Waals surface area contributed by atoms with Gasteiger partial charge in [-0.1, -0.05) is 48.0 Å². The first kappa shape index (κ1) is 21.7. The molecular weight excluding hydrogens is 392 g/mol. The summed E-state index contributed by atoms with van der Waals surface area (Å²) in [7, 11) is 0. The lowest BCUT2D eigenvalue weighted by atomic mass is 9.87. The molecule has 0 amide bonds. The van der Waals surface area contributed by atoms with Gasteiger partial charge in [-0.25, -0.2) is 0 Å². The van der Waals surface area contributed by atoms with Crippen LogP contribution in [0.15, 0.2) is 54.7 Å². The SMILES string of the molecule is Cc1cccc(C(CCNC2CCNCC2)c2cn(C3CCNCC3)c3ccccc23)c1. The van der Waals surface area contributed by atoms with Gasteiger partial charge in [0.1, 0.15) is 0 Å². The molecule has 0 bridgehead atoms. The third-order valence-corrected chi connectivity index (χ3v) is 7.50. The first-order chi connectivity index (χ1) is 15.8. The summed E-state index contributed by atoms with van der Waals surface area (Å²) in [6.07, 6.45) is 8.54. The Morgan fingerprint density at radius 2 is 1.69 bits per heavy atom. The van der Waals surface area contributed by atoms with E-state index in [1.807, 2.05) is 0 Å². The maximum Gasteiger partial charge on any atom is 0.0485 e. The van der Waals surface area contributed by atoms with Gasteiger partial charge in [-0.3, -0.25) is 0 Å². The molecule has 170 valence electrons. The van der Waals surface area contributed by atoms with Crippen LogP contribution in [0.1, 0.15) is 60.8 Å². The van der Waals surface area contributed by atoms with Gasteiger partial charge >= 0.3 is 0 Å². The Balaban J connectivity index is 1.47. The van der Waals surface area contributed by atoms with E-state index < -0.39 is 0 Å². The molecule has 0 radical (unpaired) electrons. The third kappa shape index (κ3) is 4.78. The molecule has 3 heterocycles.